The van der Waals surface area contributed by atoms with E-state index in [2.05, 4.69) is 10.6 Å². The lowest BCUT2D eigenvalue weighted by Gasteiger charge is -2.16. The van der Waals surface area contributed by atoms with Crippen LogP contribution in [0.4, 0.5) is 14.9 Å². The van der Waals surface area contributed by atoms with Gasteiger partial charge in [0, 0.05) is 24.4 Å². The number of carbonyl (C=O) groups excluding carboxylic acids is 1. The first-order valence-electron chi connectivity index (χ1n) is 6.66. The summed E-state index contributed by atoms with van der Waals surface area (Å²) in [5, 5.41) is 14.3. The number of ether oxygens (including phenoxy) is 1. The SMILES string of the molecule is CCC(CCO)NC(=O)Nc1cccc(OCCF)c1. The molecule has 1 atom stereocenters. The molecule has 1 aromatic rings. The van der Waals surface area contributed by atoms with Crippen LogP contribution < -0.4 is 15.4 Å². The fourth-order valence-electron chi connectivity index (χ4n) is 1.71. The van der Waals surface area contributed by atoms with Gasteiger partial charge in [-0.15, -0.1) is 0 Å². The Kier molecular flexibility index (Phi) is 7.42. The molecule has 0 saturated heterocycles. The summed E-state index contributed by atoms with van der Waals surface area (Å²) < 4.78 is 17.2. The van der Waals surface area contributed by atoms with Gasteiger partial charge in [0.2, 0.25) is 0 Å². The zero-order valence-electron chi connectivity index (χ0n) is 11.6. The molecule has 1 unspecified atom stereocenters. The number of carbonyl (C=O) groups is 1. The summed E-state index contributed by atoms with van der Waals surface area (Å²) >= 11 is 0. The van der Waals surface area contributed by atoms with Crippen molar-refractivity contribution in [2.45, 2.75) is 25.8 Å². The normalized spacial score (nSPS) is 11.8. The first-order chi connectivity index (χ1) is 9.69. The molecule has 0 radical (unpaired) electrons. The van der Waals surface area contributed by atoms with Gasteiger partial charge in [0.15, 0.2) is 0 Å². The maximum atomic E-state index is 12.0. The van der Waals surface area contributed by atoms with Crippen molar-refractivity contribution in [2.75, 3.05) is 25.2 Å². The quantitative estimate of drug-likeness (QED) is 0.686. The van der Waals surface area contributed by atoms with Crippen LogP contribution >= 0.6 is 0 Å². The molecule has 112 valence electrons. The lowest BCUT2D eigenvalue weighted by molar-refractivity contribution is 0.237. The minimum absolute atomic E-state index is 0.00986. The molecule has 0 saturated carbocycles. The average molecular weight is 284 g/mol. The predicted octanol–water partition coefficient (Wildman–Crippen LogP) is 2.32. The molecule has 0 aliphatic heterocycles. The molecule has 2 amide bonds. The molecule has 1 rings (SSSR count). The van der Waals surface area contributed by atoms with Gasteiger partial charge in [-0.3, -0.25) is 0 Å². The monoisotopic (exact) mass is 284 g/mol. The van der Waals surface area contributed by atoms with Crippen LogP contribution in [0.1, 0.15) is 19.8 Å². The highest BCUT2D eigenvalue weighted by Gasteiger charge is 2.10. The van der Waals surface area contributed by atoms with E-state index in [0.717, 1.165) is 6.42 Å². The van der Waals surface area contributed by atoms with E-state index in [-0.39, 0.29) is 25.3 Å². The maximum absolute atomic E-state index is 12.0. The highest BCUT2D eigenvalue weighted by molar-refractivity contribution is 5.89. The number of aliphatic hydroxyl groups is 1. The summed E-state index contributed by atoms with van der Waals surface area (Å²) in [6.07, 6.45) is 1.26. The standard InChI is InChI=1S/C14H21FN2O3/c1-2-11(6-8-18)16-14(19)17-12-4-3-5-13(10-12)20-9-7-15/h3-5,10-11,18H,2,6-9H2,1H3,(H2,16,17,19). The van der Waals surface area contributed by atoms with Gasteiger partial charge in [-0.2, -0.15) is 0 Å². The smallest absolute Gasteiger partial charge is 0.319 e. The number of rotatable bonds is 8. The predicted molar refractivity (Wildman–Crippen MR) is 75.8 cm³/mol. The second kappa shape index (κ2) is 9.14. The molecule has 5 nitrogen and oxygen atoms in total. The minimum atomic E-state index is -0.558. The summed E-state index contributed by atoms with van der Waals surface area (Å²) in [7, 11) is 0. The van der Waals surface area contributed by atoms with Crippen LogP contribution in [0.3, 0.4) is 0 Å². The zero-order valence-corrected chi connectivity index (χ0v) is 11.6. The van der Waals surface area contributed by atoms with Crippen molar-refractivity contribution >= 4 is 11.7 Å². The third-order valence-corrected chi connectivity index (χ3v) is 2.74. The van der Waals surface area contributed by atoms with E-state index < -0.39 is 6.67 Å². The highest BCUT2D eigenvalue weighted by atomic mass is 19.1. The molecule has 6 heteroatoms. The van der Waals surface area contributed by atoms with Gasteiger partial charge in [0.1, 0.15) is 19.0 Å². The summed E-state index contributed by atoms with van der Waals surface area (Å²) in [5.74, 6) is 0.503. The molecule has 0 aliphatic carbocycles. The second-order valence-electron chi connectivity index (χ2n) is 4.28. The fourth-order valence-corrected chi connectivity index (χ4v) is 1.71. The highest BCUT2D eigenvalue weighted by Crippen LogP contribution is 2.17. The van der Waals surface area contributed by atoms with Crippen LogP contribution in [0.15, 0.2) is 24.3 Å². The number of urea groups is 1. The molecule has 0 heterocycles. The van der Waals surface area contributed by atoms with Crippen molar-refractivity contribution in [3.05, 3.63) is 24.3 Å². The van der Waals surface area contributed by atoms with Gasteiger partial charge in [0.25, 0.3) is 0 Å². The molecule has 0 spiro atoms. The molecule has 20 heavy (non-hydrogen) atoms. The van der Waals surface area contributed by atoms with Crippen LogP contribution in [-0.4, -0.2) is 37.1 Å². The molecular formula is C14H21FN2O3. The number of amides is 2. The number of benzene rings is 1. The molecule has 0 bridgehead atoms. The number of hydrogen-bond acceptors (Lipinski definition) is 3. The fraction of sp³-hybridized carbons (Fsp3) is 0.500. The van der Waals surface area contributed by atoms with Crippen LogP contribution in [0, 0.1) is 0 Å². The molecule has 0 fully saturated rings. The van der Waals surface area contributed by atoms with Gasteiger partial charge >= 0.3 is 6.03 Å². The van der Waals surface area contributed by atoms with E-state index in [0.29, 0.717) is 17.9 Å². The summed E-state index contributed by atoms with van der Waals surface area (Å²) in [4.78, 5) is 11.8. The summed E-state index contributed by atoms with van der Waals surface area (Å²) in [5.41, 5.74) is 0.567. The van der Waals surface area contributed by atoms with Crippen LogP contribution in [-0.2, 0) is 0 Å². The number of nitrogens with one attached hydrogen (secondary N) is 2. The summed E-state index contributed by atoms with van der Waals surface area (Å²) in [6, 6.07) is 6.35. The van der Waals surface area contributed by atoms with Crippen molar-refractivity contribution in [2.24, 2.45) is 0 Å². The Hall–Kier alpha value is -1.82. The van der Waals surface area contributed by atoms with Crippen molar-refractivity contribution in [3.63, 3.8) is 0 Å². The van der Waals surface area contributed by atoms with E-state index in [9.17, 15) is 9.18 Å². The first-order valence-corrected chi connectivity index (χ1v) is 6.66. The molecule has 0 aliphatic rings. The Labute approximate surface area is 118 Å². The van der Waals surface area contributed by atoms with Crippen molar-refractivity contribution in [1.29, 1.82) is 0 Å². The van der Waals surface area contributed by atoms with E-state index in [4.69, 9.17) is 9.84 Å². The van der Waals surface area contributed by atoms with Gasteiger partial charge < -0.3 is 20.5 Å². The molecular weight excluding hydrogens is 263 g/mol. The van der Waals surface area contributed by atoms with E-state index in [1.807, 2.05) is 6.92 Å². The number of anilines is 1. The summed E-state index contributed by atoms with van der Waals surface area (Å²) in [6.45, 7) is 1.40. The van der Waals surface area contributed by atoms with Gasteiger partial charge in [-0.1, -0.05) is 13.0 Å². The van der Waals surface area contributed by atoms with Crippen LogP contribution in [0.5, 0.6) is 5.75 Å². The average Bonchev–Trinajstić information content (AvgIpc) is 2.45. The van der Waals surface area contributed by atoms with Crippen molar-refractivity contribution in [3.8, 4) is 5.75 Å². The van der Waals surface area contributed by atoms with Crippen LogP contribution in [0.2, 0.25) is 0 Å². The number of hydrogen-bond donors (Lipinski definition) is 3. The number of alkyl halides is 1. The Morgan fingerprint density at radius 1 is 1.50 bits per heavy atom. The molecule has 0 aromatic heterocycles. The Morgan fingerprint density at radius 2 is 2.30 bits per heavy atom. The topological polar surface area (TPSA) is 70.6 Å². The van der Waals surface area contributed by atoms with E-state index >= 15 is 0 Å². The lowest BCUT2D eigenvalue weighted by atomic mass is 10.2. The maximum Gasteiger partial charge on any atom is 0.319 e. The van der Waals surface area contributed by atoms with E-state index in [1.54, 1.807) is 24.3 Å². The first kappa shape index (κ1) is 16.2. The largest absolute Gasteiger partial charge is 0.491 e. The number of aliphatic hydroxyl groups excluding tert-OH is 1. The van der Waals surface area contributed by atoms with Gasteiger partial charge in [-0.25, -0.2) is 9.18 Å². The number of halogens is 1. The zero-order chi connectivity index (χ0) is 14.8. The van der Waals surface area contributed by atoms with Crippen molar-refractivity contribution in [1.82, 2.24) is 5.32 Å². The third-order valence-electron chi connectivity index (χ3n) is 2.74. The Bertz CT molecular complexity index is 415. The third kappa shape index (κ3) is 5.88. The second-order valence-corrected chi connectivity index (χ2v) is 4.28. The molecule has 1 aromatic carbocycles. The van der Waals surface area contributed by atoms with Gasteiger partial charge in [0.05, 0.1) is 0 Å². The van der Waals surface area contributed by atoms with E-state index in [1.165, 1.54) is 0 Å². The Balaban J connectivity index is 2.52. The minimum Gasteiger partial charge on any atom is -0.491 e. The van der Waals surface area contributed by atoms with Crippen molar-refractivity contribution < 1.29 is 19.0 Å². The lowest BCUT2D eigenvalue weighted by Crippen LogP contribution is -2.38. The van der Waals surface area contributed by atoms with Gasteiger partial charge in [-0.05, 0) is 25.0 Å². The van der Waals surface area contributed by atoms with Crippen LogP contribution in [0.25, 0.3) is 0 Å². The Morgan fingerprint density at radius 3 is 2.95 bits per heavy atom. The molecule has 3 N–H and O–H groups in total.